The molecule has 2 heterocycles. The molecule has 7 nitrogen and oxygen atoms in total. The van der Waals surface area contributed by atoms with Crippen LogP contribution in [0.1, 0.15) is 24.8 Å². The van der Waals surface area contributed by atoms with Crippen LogP contribution >= 0.6 is 23.2 Å². The average molecular weight is 461 g/mol. The summed E-state index contributed by atoms with van der Waals surface area (Å²) in [4.78, 5) is 14.4. The third-order valence-electron chi connectivity index (χ3n) is 5.50. The van der Waals surface area contributed by atoms with Gasteiger partial charge in [-0.25, -0.2) is 0 Å². The number of fused-ring (bicyclic) bond motifs is 1. The topological polar surface area (TPSA) is 80.3 Å². The summed E-state index contributed by atoms with van der Waals surface area (Å²) >= 11 is 12.2. The summed E-state index contributed by atoms with van der Waals surface area (Å²) in [5, 5.41) is 14.2. The van der Waals surface area contributed by atoms with Gasteiger partial charge in [-0.3, -0.25) is 9.69 Å². The van der Waals surface area contributed by atoms with Crippen LogP contribution in [-0.4, -0.2) is 80.3 Å². The zero-order valence-corrected chi connectivity index (χ0v) is 18.7. The number of hydrogen-bond acceptors (Lipinski definition) is 6. The largest absolute Gasteiger partial charge is 0.389 e. The number of carbonyl (C=O) groups is 1. The Morgan fingerprint density at radius 1 is 1.30 bits per heavy atom. The number of benzene rings is 1. The maximum atomic E-state index is 12.1. The van der Waals surface area contributed by atoms with E-state index in [1.165, 1.54) is 0 Å². The first kappa shape index (κ1) is 23.7. The van der Waals surface area contributed by atoms with Crippen LogP contribution in [0, 0.1) is 0 Å². The van der Waals surface area contributed by atoms with Gasteiger partial charge in [0.1, 0.15) is 0 Å². The predicted octanol–water partition coefficient (Wildman–Crippen LogP) is 2.26. The molecule has 2 saturated heterocycles. The zero-order valence-electron chi connectivity index (χ0n) is 17.2. The van der Waals surface area contributed by atoms with Gasteiger partial charge in [0.15, 0.2) is 0 Å². The van der Waals surface area contributed by atoms with E-state index in [1.807, 2.05) is 12.1 Å². The summed E-state index contributed by atoms with van der Waals surface area (Å²) in [7, 11) is 1.60. The molecule has 1 amide bonds. The number of aliphatic hydroxyl groups is 1. The van der Waals surface area contributed by atoms with Crippen LogP contribution in [0.15, 0.2) is 18.2 Å². The minimum Gasteiger partial charge on any atom is -0.389 e. The molecule has 0 aromatic heterocycles. The lowest BCUT2D eigenvalue weighted by molar-refractivity contribution is -0.158. The number of rotatable bonds is 7. The van der Waals surface area contributed by atoms with Crippen molar-refractivity contribution in [1.82, 2.24) is 10.2 Å². The number of hydrogen-bond donors (Lipinski definition) is 2. The van der Waals surface area contributed by atoms with Crippen molar-refractivity contribution in [2.24, 2.45) is 0 Å². The van der Waals surface area contributed by atoms with E-state index in [0.717, 1.165) is 18.4 Å². The molecule has 3 rings (SSSR count). The highest BCUT2D eigenvalue weighted by Gasteiger charge is 2.38. The van der Waals surface area contributed by atoms with Crippen LogP contribution in [-0.2, 0) is 25.5 Å². The lowest BCUT2D eigenvalue weighted by Gasteiger charge is -2.44. The van der Waals surface area contributed by atoms with Gasteiger partial charge in [0.05, 0.1) is 54.6 Å². The molecule has 0 bridgehead atoms. The molecule has 30 heavy (non-hydrogen) atoms. The SMILES string of the molecule is COCCNC(=O)C[C@H]1CC[C@@H]2[C@H](COC[C@@H](O)CN2Cc2ccc(Cl)c(Cl)c2)O1. The molecule has 0 spiro atoms. The molecule has 1 aromatic rings. The van der Waals surface area contributed by atoms with Gasteiger partial charge in [-0.15, -0.1) is 0 Å². The molecule has 0 unspecified atom stereocenters. The summed E-state index contributed by atoms with van der Waals surface area (Å²) in [5.74, 6) is -0.0367. The number of carbonyl (C=O) groups excluding carboxylic acids is 1. The quantitative estimate of drug-likeness (QED) is 0.607. The van der Waals surface area contributed by atoms with Gasteiger partial charge in [0.2, 0.25) is 5.91 Å². The summed E-state index contributed by atoms with van der Waals surface area (Å²) in [6.07, 6.45) is 1.07. The Morgan fingerprint density at radius 2 is 2.13 bits per heavy atom. The first-order valence-corrected chi connectivity index (χ1v) is 11.1. The highest BCUT2D eigenvalue weighted by Crippen LogP contribution is 2.30. The van der Waals surface area contributed by atoms with Crippen LogP contribution in [0.5, 0.6) is 0 Å². The number of aliphatic hydroxyl groups excluding tert-OH is 1. The maximum absolute atomic E-state index is 12.1. The minimum absolute atomic E-state index is 0.0367. The smallest absolute Gasteiger partial charge is 0.222 e. The van der Waals surface area contributed by atoms with Crippen molar-refractivity contribution >= 4 is 29.1 Å². The van der Waals surface area contributed by atoms with E-state index in [4.69, 9.17) is 37.4 Å². The molecular formula is C21H30Cl2N2O5. The van der Waals surface area contributed by atoms with Gasteiger partial charge >= 0.3 is 0 Å². The van der Waals surface area contributed by atoms with E-state index < -0.39 is 6.10 Å². The fraction of sp³-hybridized carbons (Fsp3) is 0.667. The summed E-state index contributed by atoms with van der Waals surface area (Å²) < 4.78 is 16.9. The standard InChI is InChI=1S/C21H30Cl2N2O5/c1-28-7-6-24-21(27)9-16-3-5-19-20(30-16)13-29-12-15(26)11-25(19)10-14-2-4-17(22)18(23)8-14/h2,4,8,15-16,19-20,26H,3,5-7,9-13H2,1H3,(H,24,27)/t15-,16+,19+,20-/m0/s1. The first-order valence-electron chi connectivity index (χ1n) is 10.3. The van der Waals surface area contributed by atoms with Gasteiger partial charge in [0, 0.05) is 32.8 Å². The lowest BCUT2D eigenvalue weighted by Crippen LogP contribution is -2.55. The second-order valence-electron chi connectivity index (χ2n) is 7.86. The van der Waals surface area contributed by atoms with Crippen molar-refractivity contribution in [3.63, 3.8) is 0 Å². The third kappa shape index (κ3) is 6.79. The highest BCUT2D eigenvalue weighted by atomic mass is 35.5. The Bertz CT molecular complexity index is 708. The minimum atomic E-state index is -0.571. The fourth-order valence-corrected chi connectivity index (χ4v) is 4.39. The van der Waals surface area contributed by atoms with Crippen molar-refractivity contribution in [3.8, 4) is 0 Å². The number of β-amino-alcohol motifs (C(OH)–C–C–N with tert-alkyl or cyclic N) is 1. The normalized spacial score (nSPS) is 27.7. The zero-order chi connectivity index (χ0) is 21.5. The van der Waals surface area contributed by atoms with Crippen LogP contribution in [0.2, 0.25) is 10.0 Å². The van der Waals surface area contributed by atoms with E-state index in [2.05, 4.69) is 10.2 Å². The number of nitrogens with one attached hydrogen (secondary N) is 1. The van der Waals surface area contributed by atoms with Crippen LogP contribution in [0.25, 0.3) is 0 Å². The van der Waals surface area contributed by atoms with E-state index in [9.17, 15) is 9.90 Å². The number of ether oxygens (including phenoxy) is 3. The molecule has 0 aliphatic carbocycles. The van der Waals surface area contributed by atoms with Gasteiger partial charge in [-0.2, -0.15) is 0 Å². The van der Waals surface area contributed by atoms with Crippen molar-refractivity contribution in [1.29, 1.82) is 0 Å². The number of nitrogens with zero attached hydrogens (tertiary/aromatic N) is 1. The van der Waals surface area contributed by atoms with E-state index in [0.29, 0.717) is 49.3 Å². The Hall–Kier alpha value is -0.930. The maximum Gasteiger partial charge on any atom is 0.222 e. The Labute approximate surface area is 187 Å². The van der Waals surface area contributed by atoms with Crippen molar-refractivity contribution in [3.05, 3.63) is 33.8 Å². The summed E-state index contributed by atoms with van der Waals surface area (Å²) in [6.45, 7) is 2.73. The molecule has 9 heteroatoms. The van der Waals surface area contributed by atoms with Crippen LogP contribution < -0.4 is 5.32 Å². The van der Waals surface area contributed by atoms with Gasteiger partial charge in [0.25, 0.3) is 0 Å². The van der Waals surface area contributed by atoms with E-state index in [1.54, 1.807) is 13.2 Å². The Morgan fingerprint density at radius 3 is 2.90 bits per heavy atom. The molecule has 0 radical (unpaired) electrons. The lowest BCUT2D eigenvalue weighted by atomic mass is 9.94. The van der Waals surface area contributed by atoms with E-state index >= 15 is 0 Å². The molecule has 2 fully saturated rings. The molecule has 4 atom stereocenters. The Kier molecular flexibility index (Phi) is 9.19. The second-order valence-corrected chi connectivity index (χ2v) is 8.67. The van der Waals surface area contributed by atoms with Crippen LogP contribution in [0.3, 0.4) is 0 Å². The average Bonchev–Trinajstić information content (AvgIpc) is 2.69. The third-order valence-corrected chi connectivity index (χ3v) is 6.24. The van der Waals surface area contributed by atoms with Gasteiger partial charge < -0.3 is 24.6 Å². The first-order chi connectivity index (χ1) is 14.5. The molecule has 168 valence electrons. The monoisotopic (exact) mass is 460 g/mol. The van der Waals surface area contributed by atoms with E-state index in [-0.39, 0.29) is 30.8 Å². The van der Waals surface area contributed by atoms with Crippen molar-refractivity contribution in [2.75, 3.05) is 40.0 Å². The highest BCUT2D eigenvalue weighted by molar-refractivity contribution is 6.42. The fourth-order valence-electron chi connectivity index (χ4n) is 4.07. The van der Waals surface area contributed by atoms with Crippen LogP contribution in [0.4, 0.5) is 0 Å². The van der Waals surface area contributed by atoms with Gasteiger partial charge in [-0.05, 0) is 30.5 Å². The molecule has 0 saturated carbocycles. The molecule has 2 N–H and O–H groups in total. The summed E-state index contributed by atoms with van der Waals surface area (Å²) in [5.41, 5.74) is 1.02. The number of halogens is 2. The second kappa shape index (κ2) is 11.6. The van der Waals surface area contributed by atoms with Gasteiger partial charge in [-0.1, -0.05) is 29.3 Å². The molecule has 1 aromatic carbocycles. The van der Waals surface area contributed by atoms with Crippen molar-refractivity contribution in [2.45, 2.75) is 50.2 Å². The molecule has 2 aliphatic rings. The number of methoxy groups -OCH3 is 1. The summed E-state index contributed by atoms with van der Waals surface area (Å²) in [6, 6.07) is 5.68. The molecular weight excluding hydrogens is 431 g/mol. The predicted molar refractivity (Wildman–Crippen MR) is 115 cm³/mol. The molecule has 2 aliphatic heterocycles. The number of amides is 1. The Balaban J connectivity index is 1.63. The van der Waals surface area contributed by atoms with Crippen molar-refractivity contribution < 1.29 is 24.1 Å².